The van der Waals surface area contributed by atoms with Crippen molar-refractivity contribution in [2.75, 3.05) is 10.6 Å². The van der Waals surface area contributed by atoms with Crippen molar-refractivity contribution < 1.29 is 26.3 Å². The van der Waals surface area contributed by atoms with Crippen LogP contribution in [-0.4, -0.2) is 26.0 Å². The number of halogens is 3. The minimum Gasteiger partial charge on any atom is -0.406 e. The number of benzene rings is 2. The van der Waals surface area contributed by atoms with E-state index in [1.165, 1.54) is 22.5 Å². The molecule has 0 atom stereocenters. The van der Waals surface area contributed by atoms with Crippen LogP contribution < -0.4 is 9.04 Å². The first-order valence-electron chi connectivity index (χ1n) is 8.86. The van der Waals surface area contributed by atoms with Gasteiger partial charge in [-0.25, -0.2) is 8.42 Å². The predicted octanol–water partition coefficient (Wildman–Crippen LogP) is 4.92. The molecule has 0 fully saturated rings. The molecule has 1 heterocycles. The van der Waals surface area contributed by atoms with E-state index in [1.54, 1.807) is 55.7 Å². The number of pyridine rings is 1. The summed E-state index contributed by atoms with van der Waals surface area (Å²) in [5.74, 6) is -0.321. The maximum atomic E-state index is 12.5. The highest BCUT2D eigenvalue weighted by Gasteiger charge is 2.31. The van der Waals surface area contributed by atoms with Gasteiger partial charge in [0.15, 0.2) is 0 Å². The molecule has 2 aromatic carbocycles. The van der Waals surface area contributed by atoms with Gasteiger partial charge in [-0.2, -0.15) is 0 Å². The van der Waals surface area contributed by atoms with Crippen LogP contribution in [0.2, 0.25) is 0 Å². The lowest BCUT2D eigenvalue weighted by atomic mass is 10.00. The number of nitrogens with zero attached hydrogens (tertiary/aromatic N) is 2. The molecule has 0 radical (unpaired) electrons. The van der Waals surface area contributed by atoms with Gasteiger partial charge >= 0.3 is 6.36 Å². The SMILES string of the molecule is Cc1cc(N(Cc2cccnc2)S(C)(=O)=O)ccc1-c1cccc(OC(F)(F)F)c1. The normalized spacial score (nSPS) is 11.9. The fourth-order valence-electron chi connectivity index (χ4n) is 3.05. The Labute approximate surface area is 172 Å². The van der Waals surface area contributed by atoms with Crippen LogP contribution in [0.1, 0.15) is 11.1 Å². The Balaban J connectivity index is 1.95. The quantitative estimate of drug-likeness (QED) is 0.550. The molecule has 3 aromatic rings. The Hall–Kier alpha value is -3.07. The van der Waals surface area contributed by atoms with Crippen molar-refractivity contribution in [2.45, 2.75) is 19.8 Å². The molecule has 0 amide bonds. The topological polar surface area (TPSA) is 59.5 Å². The van der Waals surface area contributed by atoms with Crippen LogP contribution in [0, 0.1) is 6.92 Å². The molecule has 0 bridgehead atoms. The zero-order chi connectivity index (χ0) is 21.9. The van der Waals surface area contributed by atoms with Crippen molar-refractivity contribution in [2.24, 2.45) is 0 Å². The van der Waals surface area contributed by atoms with Gasteiger partial charge in [-0.3, -0.25) is 9.29 Å². The van der Waals surface area contributed by atoms with Crippen LogP contribution >= 0.6 is 0 Å². The highest BCUT2D eigenvalue weighted by atomic mass is 32.2. The molecule has 0 saturated heterocycles. The Kier molecular flexibility index (Phi) is 6.02. The third kappa shape index (κ3) is 5.50. The van der Waals surface area contributed by atoms with Gasteiger partial charge in [0.2, 0.25) is 10.0 Å². The summed E-state index contributed by atoms with van der Waals surface area (Å²) in [4.78, 5) is 4.00. The highest BCUT2D eigenvalue weighted by Crippen LogP contribution is 2.32. The average molecular weight is 436 g/mol. The smallest absolute Gasteiger partial charge is 0.406 e. The van der Waals surface area contributed by atoms with Gasteiger partial charge in [-0.05, 0) is 59.5 Å². The molecule has 9 heteroatoms. The summed E-state index contributed by atoms with van der Waals surface area (Å²) in [6.07, 6.45) is -0.472. The van der Waals surface area contributed by atoms with E-state index in [2.05, 4.69) is 9.72 Å². The molecule has 30 heavy (non-hydrogen) atoms. The molecule has 158 valence electrons. The first-order valence-corrected chi connectivity index (χ1v) is 10.7. The fourth-order valence-corrected chi connectivity index (χ4v) is 3.93. The zero-order valence-electron chi connectivity index (χ0n) is 16.2. The largest absolute Gasteiger partial charge is 0.573 e. The summed E-state index contributed by atoms with van der Waals surface area (Å²) >= 11 is 0. The number of ether oxygens (including phenoxy) is 1. The van der Waals surface area contributed by atoms with Crippen molar-refractivity contribution in [3.63, 3.8) is 0 Å². The fraction of sp³-hybridized carbons (Fsp3) is 0.190. The van der Waals surface area contributed by atoms with Gasteiger partial charge < -0.3 is 4.74 Å². The van der Waals surface area contributed by atoms with Crippen LogP contribution in [0.15, 0.2) is 67.0 Å². The van der Waals surface area contributed by atoms with E-state index in [1.807, 2.05) is 0 Å². The molecule has 0 unspecified atom stereocenters. The molecule has 1 aromatic heterocycles. The van der Waals surface area contributed by atoms with E-state index < -0.39 is 16.4 Å². The number of aromatic nitrogens is 1. The minimum absolute atomic E-state index is 0.111. The standard InChI is InChI=1S/C21H19F3N2O3S/c1-15-11-18(26(30(2,27)28)14-16-5-4-10-25-13-16)8-9-20(15)17-6-3-7-19(12-17)29-21(22,23)24/h3-13H,14H2,1-2H3. The maximum Gasteiger partial charge on any atom is 0.573 e. The molecule has 0 spiro atoms. The van der Waals surface area contributed by atoms with Crippen LogP contribution in [0.25, 0.3) is 11.1 Å². The summed E-state index contributed by atoms with van der Waals surface area (Å²) in [7, 11) is -3.58. The molecule has 0 aliphatic carbocycles. The first kappa shape index (κ1) is 21.6. The lowest BCUT2D eigenvalue weighted by Gasteiger charge is -2.23. The Morgan fingerprint density at radius 3 is 2.43 bits per heavy atom. The summed E-state index contributed by atoms with van der Waals surface area (Å²) in [6.45, 7) is 1.88. The summed E-state index contributed by atoms with van der Waals surface area (Å²) in [5, 5.41) is 0. The number of hydrogen-bond acceptors (Lipinski definition) is 4. The summed E-state index contributed by atoms with van der Waals surface area (Å²) in [5.41, 5.74) is 3.07. The second-order valence-corrected chi connectivity index (χ2v) is 8.61. The number of alkyl halides is 3. The number of sulfonamides is 1. The lowest BCUT2D eigenvalue weighted by Crippen LogP contribution is -2.29. The van der Waals surface area contributed by atoms with Gasteiger partial charge in [0.1, 0.15) is 5.75 Å². The van der Waals surface area contributed by atoms with E-state index in [0.717, 1.165) is 11.8 Å². The number of rotatable bonds is 6. The van der Waals surface area contributed by atoms with Crippen LogP contribution in [0.4, 0.5) is 18.9 Å². The van der Waals surface area contributed by atoms with Crippen LogP contribution in [0.3, 0.4) is 0 Å². The van der Waals surface area contributed by atoms with Gasteiger partial charge in [-0.15, -0.1) is 13.2 Å². The highest BCUT2D eigenvalue weighted by molar-refractivity contribution is 7.92. The van der Waals surface area contributed by atoms with Crippen molar-refractivity contribution in [3.05, 3.63) is 78.1 Å². The third-order valence-corrected chi connectivity index (χ3v) is 5.47. The number of aryl methyl sites for hydroxylation is 1. The first-order chi connectivity index (χ1) is 14.0. The van der Waals surface area contributed by atoms with Crippen LogP contribution in [-0.2, 0) is 16.6 Å². The van der Waals surface area contributed by atoms with Gasteiger partial charge in [-0.1, -0.05) is 24.3 Å². The van der Waals surface area contributed by atoms with E-state index in [-0.39, 0.29) is 12.3 Å². The summed E-state index contributed by atoms with van der Waals surface area (Å²) < 4.78 is 67.5. The minimum atomic E-state index is -4.78. The van der Waals surface area contributed by atoms with Gasteiger partial charge in [0.05, 0.1) is 18.5 Å². The third-order valence-electron chi connectivity index (χ3n) is 4.33. The second-order valence-electron chi connectivity index (χ2n) is 6.71. The van der Waals surface area contributed by atoms with Gasteiger partial charge in [0.25, 0.3) is 0 Å². The van der Waals surface area contributed by atoms with Gasteiger partial charge in [0, 0.05) is 12.4 Å². The van der Waals surface area contributed by atoms with Crippen molar-refractivity contribution in [1.29, 1.82) is 0 Å². The summed E-state index contributed by atoms with van der Waals surface area (Å²) in [6, 6.07) is 14.1. The number of hydrogen-bond donors (Lipinski definition) is 0. The second kappa shape index (κ2) is 8.35. The molecular weight excluding hydrogens is 417 g/mol. The molecule has 0 N–H and O–H groups in total. The van der Waals surface area contributed by atoms with Crippen molar-refractivity contribution >= 4 is 15.7 Å². The average Bonchev–Trinajstić information content (AvgIpc) is 2.65. The molecule has 3 rings (SSSR count). The Morgan fingerprint density at radius 2 is 1.83 bits per heavy atom. The maximum absolute atomic E-state index is 12.5. The zero-order valence-corrected chi connectivity index (χ0v) is 17.0. The molecular formula is C21H19F3N2O3S. The Morgan fingerprint density at radius 1 is 1.07 bits per heavy atom. The van der Waals surface area contributed by atoms with Crippen LogP contribution in [0.5, 0.6) is 5.75 Å². The molecule has 0 saturated carbocycles. The predicted molar refractivity (Wildman–Crippen MR) is 109 cm³/mol. The lowest BCUT2D eigenvalue weighted by molar-refractivity contribution is -0.274. The van der Waals surface area contributed by atoms with Crippen molar-refractivity contribution in [1.82, 2.24) is 4.98 Å². The van der Waals surface area contributed by atoms with E-state index in [0.29, 0.717) is 22.4 Å². The Bertz CT molecular complexity index is 1130. The van der Waals surface area contributed by atoms with E-state index >= 15 is 0 Å². The molecule has 5 nitrogen and oxygen atoms in total. The monoisotopic (exact) mass is 436 g/mol. The van der Waals surface area contributed by atoms with Crippen molar-refractivity contribution in [3.8, 4) is 16.9 Å². The molecule has 0 aliphatic rings. The van der Waals surface area contributed by atoms with E-state index in [4.69, 9.17) is 0 Å². The molecule has 0 aliphatic heterocycles. The van der Waals surface area contributed by atoms with E-state index in [9.17, 15) is 21.6 Å². The number of anilines is 1.